The molecule has 1 aromatic rings. The van der Waals surface area contributed by atoms with Gasteiger partial charge in [0.15, 0.2) is 0 Å². The summed E-state index contributed by atoms with van der Waals surface area (Å²) in [5, 5.41) is 14.3. The molecule has 1 fully saturated rings. The Balaban J connectivity index is 2.31. The summed E-state index contributed by atoms with van der Waals surface area (Å²) in [6, 6.07) is 3.91. The maximum Gasteiger partial charge on any atom is 0.406 e. The van der Waals surface area contributed by atoms with Gasteiger partial charge in [0.25, 0.3) is 11.6 Å². The molecule has 1 N–H and O–H groups in total. The molecule has 2 rings (SSSR count). The average Bonchev–Trinajstić information content (AvgIpc) is 3.27. The SMILES string of the molecule is CC(C)(C)CN(CC(F)(F)F)C(=O)c1ccc(NC2CC2)c([N+](=O)[O-])c1. The highest BCUT2D eigenvalue weighted by molar-refractivity contribution is 5.95. The third kappa shape index (κ3) is 5.89. The van der Waals surface area contributed by atoms with Crippen LogP contribution in [-0.4, -0.2) is 41.0 Å². The fourth-order valence-corrected chi connectivity index (χ4v) is 2.56. The van der Waals surface area contributed by atoms with E-state index in [4.69, 9.17) is 0 Å². The first-order chi connectivity index (χ1) is 11.9. The summed E-state index contributed by atoms with van der Waals surface area (Å²) in [6.07, 6.45) is -2.74. The van der Waals surface area contributed by atoms with Crippen molar-refractivity contribution in [2.75, 3.05) is 18.4 Å². The smallest absolute Gasteiger partial charge is 0.377 e. The van der Waals surface area contributed by atoms with E-state index in [-0.39, 0.29) is 29.5 Å². The van der Waals surface area contributed by atoms with Gasteiger partial charge in [-0.15, -0.1) is 0 Å². The lowest BCUT2D eigenvalue weighted by Gasteiger charge is -2.30. The summed E-state index contributed by atoms with van der Waals surface area (Å²) in [7, 11) is 0. The fraction of sp³-hybridized carbons (Fsp3) is 0.588. The van der Waals surface area contributed by atoms with E-state index < -0.39 is 29.0 Å². The van der Waals surface area contributed by atoms with Crippen molar-refractivity contribution in [3.05, 3.63) is 33.9 Å². The fourth-order valence-electron chi connectivity index (χ4n) is 2.56. The highest BCUT2D eigenvalue weighted by Crippen LogP contribution is 2.32. The van der Waals surface area contributed by atoms with Gasteiger partial charge < -0.3 is 10.2 Å². The molecule has 1 saturated carbocycles. The number of carbonyl (C=O) groups is 1. The summed E-state index contributed by atoms with van der Waals surface area (Å²) >= 11 is 0. The molecule has 0 aliphatic heterocycles. The topological polar surface area (TPSA) is 75.5 Å². The molecule has 144 valence electrons. The van der Waals surface area contributed by atoms with Crippen molar-refractivity contribution >= 4 is 17.3 Å². The molecule has 0 aromatic heterocycles. The largest absolute Gasteiger partial charge is 0.406 e. The van der Waals surface area contributed by atoms with Crippen LogP contribution in [0, 0.1) is 15.5 Å². The lowest BCUT2D eigenvalue weighted by molar-refractivity contribution is -0.384. The van der Waals surface area contributed by atoms with E-state index in [9.17, 15) is 28.1 Å². The molecule has 0 radical (unpaired) electrons. The molecule has 0 heterocycles. The number of nitro groups is 1. The predicted molar refractivity (Wildman–Crippen MR) is 91.2 cm³/mol. The molecule has 1 aliphatic carbocycles. The van der Waals surface area contributed by atoms with Crippen molar-refractivity contribution in [3.63, 3.8) is 0 Å². The second-order valence-electron chi connectivity index (χ2n) is 7.74. The van der Waals surface area contributed by atoms with Crippen LogP contribution in [0.1, 0.15) is 44.0 Å². The number of nitro benzene ring substituents is 1. The normalized spacial score (nSPS) is 14.8. The Morgan fingerprint density at radius 2 is 1.88 bits per heavy atom. The number of anilines is 1. The Bertz CT molecular complexity index is 679. The lowest BCUT2D eigenvalue weighted by Crippen LogP contribution is -2.43. The molecule has 0 unspecified atom stereocenters. The lowest BCUT2D eigenvalue weighted by atomic mass is 9.95. The highest BCUT2D eigenvalue weighted by atomic mass is 19.4. The first-order valence-corrected chi connectivity index (χ1v) is 8.27. The molecular weight excluding hydrogens is 351 g/mol. The summed E-state index contributed by atoms with van der Waals surface area (Å²) in [5.41, 5.74) is -0.732. The van der Waals surface area contributed by atoms with Gasteiger partial charge in [-0.25, -0.2) is 0 Å². The van der Waals surface area contributed by atoms with Crippen LogP contribution in [0.3, 0.4) is 0 Å². The molecular formula is C17H22F3N3O3. The monoisotopic (exact) mass is 373 g/mol. The number of nitrogens with one attached hydrogen (secondary N) is 1. The average molecular weight is 373 g/mol. The number of alkyl halides is 3. The third-order valence-corrected chi connectivity index (χ3v) is 3.70. The van der Waals surface area contributed by atoms with Gasteiger partial charge in [-0.3, -0.25) is 14.9 Å². The van der Waals surface area contributed by atoms with E-state index >= 15 is 0 Å². The molecule has 1 aliphatic rings. The van der Waals surface area contributed by atoms with E-state index in [0.717, 1.165) is 18.9 Å². The Labute approximate surface area is 149 Å². The molecule has 9 heteroatoms. The summed E-state index contributed by atoms with van der Waals surface area (Å²) in [5.74, 6) is -0.877. The number of halogens is 3. The zero-order valence-corrected chi connectivity index (χ0v) is 14.9. The Kier molecular flexibility index (Phi) is 5.48. The Hall–Kier alpha value is -2.32. The van der Waals surface area contributed by atoms with Crippen LogP contribution >= 0.6 is 0 Å². The van der Waals surface area contributed by atoms with E-state index in [1.807, 2.05) is 0 Å². The number of benzene rings is 1. The Morgan fingerprint density at radius 3 is 2.35 bits per heavy atom. The molecule has 0 spiro atoms. The molecule has 26 heavy (non-hydrogen) atoms. The summed E-state index contributed by atoms with van der Waals surface area (Å²) in [4.78, 5) is 23.9. The van der Waals surface area contributed by atoms with E-state index in [1.165, 1.54) is 12.1 Å². The number of hydrogen-bond acceptors (Lipinski definition) is 4. The number of hydrogen-bond donors (Lipinski definition) is 1. The van der Waals surface area contributed by atoms with Crippen LogP contribution in [0.5, 0.6) is 0 Å². The van der Waals surface area contributed by atoms with Gasteiger partial charge in [-0.2, -0.15) is 13.2 Å². The Morgan fingerprint density at radius 1 is 1.27 bits per heavy atom. The van der Waals surface area contributed by atoms with Crippen LogP contribution in [0.25, 0.3) is 0 Å². The van der Waals surface area contributed by atoms with Gasteiger partial charge in [0.2, 0.25) is 0 Å². The van der Waals surface area contributed by atoms with Crippen molar-refractivity contribution in [1.82, 2.24) is 4.90 Å². The maximum absolute atomic E-state index is 12.9. The van der Waals surface area contributed by atoms with Gasteiger partial charge in [0.05, 0.1) is 4.92 Å². The van der Waals surface area contributed by atoms with Gasteiger partial charge in [-0.1, -0.05) is 20.8 Å². The quantitative estimate of drug-likeness (QED) is 0.598. The van der Waals surface area contributed by atoms with Crippen molar-refractivity contribution in [3.8, 4) is 0 Å². The molecule has 0 saturated heterocycles. The molecule has 0 atom stereocenters. The number of amides is 1. The van der Waals surface area contributed by atoms with Gasteiger partial charge in [0.1, 0.15) is 12.2 Å². The van der Waals surface area contributed by atoms with Gasteiger partial charge >= 0.3 is 6.18 Å². The predicted octanol–water partition coefficient (Wildman–Crippen LogP) is 4.22. The van der Waals surface area contributed by atoms with Crippen LogP contribution in [0.15, 0.2) is 18.2 Å². The number of rotatable bonds is 6. The summed E-state index contributed by atoms with van der Waals surface area (Å²) < 4.78 is 38.6. The van der Waals surface area contributed by atoms with Crippen molar-refractivity contribution in [1.29, 1.82) is 0 Å². The second kappa shape index (κ2) is 7.13. The zero-order valence-electron chi connectivity index (χ0n) is 14.9. The van der Waals surface area contributed by atoms with Gasteiger partial charge in [0, 0.05) is 24.2 Å². The number of nitrogens with zero attached hydrogens (tertiary/aromatic N) is 2. The summed E-state index contributed by atoms with van der Waals surface area (Å²) in [6.45, 7) is 3.62. The standard InChI is InChI=1S/C17H22F3N3O3/c1-16(2,3)9-22(10-17(18,19)20)15(24)11-4-7-13(21-12-5-6-12)14(8-11)23(25)26/h4,7-8,12,21H,5-6,9-10H2,1-3H3. The minimum absolute atomic E-state index is 0.124. The van der Waals surface area contributed by atoms with Crippen molar-refractivity contribution in [2.45, 2.75) is 45.8 Å². The first kappa shape index (κ1) is 20.0. The third-order valence-electron chi connectivity index (χ3n) is 3.70. The maximum atomic E-state index is 12.9. The van der Waals surface area contributed by atoms with Crippen LogP contribution in [-0.2, 0) is 0 Å². The van der Waals surface area contributed by atoms with E-state index in [0.29, 0.717) is 4.90 Å². The number of carbonyl (C=O) groups excluding carboxylic acids is 1. The van der Waals surface area contributed by atoms with Crippen LogP contribution in [0.4, 0.5) is 24.5 Å². The molecule has 0 bridgehead atoms. The van der Waals surface area contributed by atoms with Crippen molar-refractivity contribution < 1.29 is 22.9 Å². The van der Waals surface area contributed by atoms with E-state index in [2.05, 4.69) is 5.32 Å². The highest BCUT2D eigenvalue weighted by Gasteiger charge is 2.35. The van der Waals surface area contributed by atoms with Crippen molar-refractivity contribution in [2.24, 2.45) is 5.41 Å². The minimum Gasteiger partial charge on any atom is -0.377 e. The molecule has 1 amide bonds. The zero-order chi connectivity index (χ0) is 19.7. The first-order valence-electron chi connectivity index (χ1n) is 8.27. The minimum atomic E-state index is -4.56. The second-order valence-corrected chi connectivity index (χ2v) is 7.74. The van der Waals surface area contributed by atoms with Crippen LogP contribution < -0.4 is 5.32 Å². The molecule has 6 nitrogen and oxygen atoms in total. The van der Waals surface area contributed by atoms with Gasteiger partial charge in [-0.05, 0) is 30.4 Å². The molecule has 1 aromatic carbocycles. The van der Waals surface area contributed by atoms with Crippen LogP contribution in [0.2, 0.25) is 0 Å². The van der Waals surface area contributed by atoms with E-state index in [1.54, 1.807) is 20.8 Å².